The lowest BCUT2D eigenvalue weighted by molar-refractivity contribution is -0.145. The summed E-state index contributed by atoms with van der Waals surface area (Å²) in [6.45, 7) is 0.519. The Morgan fingerprint density at radius 2 is 1.34 bits per heavy atom. The molecule has 1 unspecified atom stereocenters. The summed E-state index contributed by atoms with van der Waals surface area (Å²) in [7, 11) is 0. The molecule has 1 aromatic rings. The Bertz CT molecular complexity index is 644. The first-order valence-corrected chi connectivity index (χ1v) is 15.0. The van der Waals surface area contributed by atoms with Gasteiger partial charge < -0.3 is 9.26 Å². The van der Waals surface area contributed by atoms with E-state index >= 15 is 0 Å². The third-order valence-corrected chi connectivity index (χ3v) is 7.05. The Labute approximate surface area is 200 Å². The van der Waals surface area contributed by atoms with E-state index in [1.165, 1.54) is 77.0 Å². The molecule has 0 saturated heterocycles. The number of unbranched alkanes of at least 4 members (excludes halogenated alkanes) is 13. The van der Waals surface area contributed by atoms with Crippen molar-refractivity contribution in [3.05, 3.63) is 30.3 Å². The second kappa shape index (κ2) is 18.4. The number of carbonyl (C=O) groups excluding carboxylic acids is 1. The van der Waals surface area contributed by atoms with Crippen LogP contribution in [0, 0.1) is 0 Å². The van der Waals surface area contributed by atoms with Gasteiger partial charge in [0.25, 0.3) is 0 Å². The molecule has 0 saturated carbocycles. The highest BCUT2D eigenvalue weighted by molar-refractivity contribution is 7.84. The summed E-state index contributed by atoms with van der Waals surface area (Å²) in [5, 5.41) is 2.53. The van der Waals surface area contributed by atoms with Gasteiger partial charge in [0.15, 0.2) is 0 Å². The van der Waals surface area contributed by atoms with E-state index in [1.807, 2.05) is 6.07 Å². The minimum atomic E-state index is -3.68. The van der Waals surface area contributed by atoms with Crippen molar-refractivity contribution in [1.82, 2.24) is 5.09 Å². The Morgan fingerprint density at radius 1 is 0.875 bits per heavy atom. The van der Waals surface area contributed by atoms with E-state index < -0.39 is 18.9 Å². The maximum atomic E-state index is 12.3. The monoisotopic (exact) mass is 487 g/mol. The fraction of sp³-hybridized carbons (Fsp3) is 0.720. The van der Waals surface area contributed by atoms with Crippen LogP contribution in [-0.2, 0) is 14.1 Å². The Kier molecular flexibility index (Phi) is 16.7. The molecule has 0 amide bonds. The van der Waals surface area contributed by atoms with E-state index in [4.69, 9.17) is 20.5 Å². The molecule has 0 fully saturated rings. The van der Waals surface area contributed by atoms with Gasteiger partial charge in [0, 0.05) is 11.2 Å². The second-order valence-electron chi connectivity index (χ2n) is 8.50. The van der Waals surface area contributed by atoms with Gasteiger partial charge in [-0.3, -0.25) is 4.79 Å². The number of ether oxygens (including phenoxy) is 1. The fourth-order valence-corrected chi connectivity index (χ4v) is 5.21. The van der Waals surface area contributed by atoms with E-state index in [-0.39, 0.29) is 0 Å². The molecule has 0 aliphatic heterocycles. The highest BCUT2D eigenvalue weighted by atomic mass is 35.7. The summed E-state index contributed by atoms with van der Waals surface area (Å²) in [6, 6.07) is 7.80. The average Bonchev–Trinajstić information content (AvgIpc) is 2.76. The van der Waals surface area contributed by atoms with Gasteiger partial charge in [0.2, 0.25) is 0 Å². The Morgan fingerprint density at radius 3 is 1.84 bits per heavy atom. The SMILES string of the molecule is CCCCCCCCCCCCCCCCOC(=O)[C@H](C)NP(=O)(Cl)Oc1ccccc1. The molecule has 1 aromatic carbocycles. The van der Waals surface area contributed by atoms with E-state index in [2.05, 4.69) is 12.0 Å². The number of para-hydroxylation sites is 1. The van der Waals surface area contributed by atoms with Crippen LogP contribution in [0.15, 0.2) is 30.3 Å². The maximum Gasteiger partial charge on any atom is 0.409 e. The van der Waals surface area contributed by atoms with Crippen molar-refractivity contribution in [3.8, 4) is 5.75 Å². The minimum absolute atomic E-state index is 0.370. The number of rotatable bonds is 20. The summed E-state index contributed by atoms with van der Waals surface area (Å²) < 4.78 is 22.9. The van der Waals surface area contributed by atoms with Gasteiger partial charge in [0.1, 0.15) is 11.8 Å². The van der Waals surface area contributed by atoms with Crippen molar-refractivity contribution in [3.63, 3.8) is 0 Å². The first kappa shape index (κ1) is 29.0. The molecule has 5 nitrogen and oxygen atoms in total. The molecule has 0 spiro atoms. The van der Waals surface area contributed by atoms with Gasteiger partial charge in [-0.2, -0.15) is 0 Å². The fourth-order valence-electron chi connectivity index (χ4n) is 3.52. The molecule has 7 heteroatoms. The largest absolute Gasteiger partial charge is 0.465 e. The molecule has 184 valence electrons. The molecular formula is C25H43ClNO4P. The van der Waals surface area contributed by atoms with Crippen LogP contribution in [0.25, 0.3) is 0 Å². The number of halogens is 1. The number of esters is 1. The standard InChI is InChI=1S/C25H43ClNO4P/c1-3-4-5-6-7-8-9-10-11-12-13-14-15-19-22-30-25(28)23(2)27-32(26,29)31-24-20-17-16-18-21-24/h16-18,20-21,23H,3-15,19,22H2,1-2H3,(H,27,29)/t23-,32?/m0/s1. The van der Waals surface area contributed by atoms with Crippen molar-refractivity contribution in [2.75, 3.05) is 6.61 Å². The number of hydrogen-bond donors (Lipinski definition) is 1. The molecule has 0 bridgehead atoms. The van der Waals surface area contributed by atoms with E-state index in [0.717, 1.165) is 12.8 Å². The topological polar surface area (TPSA) is 64.6 Å². The van der Waals surface area contributed by atoms with Crippen molar-refractivity contribution >= 4 is 24.1 Å². The van der Waals surface area contributed by atoms with Gasteiger partial charge in [0.05, 0.1) is 6.61 Å². The van der Waals surface area contributed by atoms with Crippen molar-refractivity contribution < 1.29 is 18.6 Å². The maximum absolute atomic E-state index is 12.3. The zero-order valence-electron chi connectivity index (χ0n) is 20.0. The molecule has 0 radical (unpaired) electrons. The smallest absolute Gasteiger partial charge is 0.409 e. The predicted octanol–water partition coefficient (Wildman–Crippen LogP) is 8.41. The van der Waals surface area contributed by atoms with Crippen LogP contribution < -0.4 is 9.61 Å². The lowest BCUT2D eigenvalue weighted by Crippen LogP contribution is -2.33. The summed E-state index contributed by atoms with van der Waals surface area (Å²) in [4.78, 5) is 12.1. The zero-order valence-corrected chi connectivity index (χ0v) is 21.7. The molecule has 0 aliphatic carbocycles. The second-order valence-corrected chi connectivity index (χ2v) is 11.2. The summed E-state index contributed by atoms with van der Waals surface area (Å²) in [6.07, 6.45) is 18.0. The van der Waals surface area contributed by atoms with Crippen LogP contribution in [0.3, 0.4) is 0 Å². The Balaban J connectivity index is 1.97. The van der Waals surface area contributed by atoms with Gasteiger partial charge in [-0.1, -0.05) is 109 Å². The predicted molar refractivity (Wildman–Crippen MR) is 134 cm³/mol. The average molecular weight is 488 g/mol. The van der Waals surface area contributed by atoms with Crippen LogP contribution in [0.5, 0.6) is 5.75 Å². The van der Waals surface area contributed by atoms with Crippen molar-refractivity contribution in [2.24, 2.45) is 0 Å². The Hall–Kier alpha value is -1.03. The molecular weight excluding hydrogens is 445 g/mol. The highest BCUT2D eigenvalue weighted by Crippen LogP contribution is 2.48. The van der Waals surface area contributed by atoms with Crippen LogP contribution >= 0.6 is 18.1 Å². The third kappa shape index (κ3) is 15.7. The first-order chi connectivity index (χ1) is 15.4. The highest BCUT2D eigenvalue weighted by Gasteiger charge is 2.28. The molecule has 32 heavy (non-hydrogen) atoms. The molecule has 0 aliphatic rings. The van der Waals surface area contributed by atoms with Gasteiger partial charge >= 0.3 is 12.8 Å². The zero-order chi connectivity index (χ0) is 23.5. The lowest BCUT2D eigenvalue weighted by atomic mass is 10.0. The first-order valence-electron chi connectivity index (χ1n) is 12.4. The summed E-state index contributed by atoms with van der Waals surface area (Å²) in [5.74, 6) is -0.0986. The van der Waals surface area contributed by atoms with E-state index in [1.54, 1.807) is 31.2 Å². The van der Waals surface area contributed by atoms with Crippen LogP contribution in [0.2, 0.25) is 0 Å². The lowest BCUT2D eigenvalue weighted by Gasteiger charge is -2.18. The van der Waals surface area contributed by atoms with Crippen LogP contribution in [0.1, 0.15) is 104 Å². The van der Waals surface area contributed by atoms with Crippen molar-refractivity contribution in [1.29, 1.82) is 0 Å². The van der Waals surface area contributed by atoms with Gasteiger partial charge in [-0.05, 0) is 25.5 Å². The normalized spacial score (nSPS) is 14.0. The third-order valence-electron chi connectivity index (χ3n) is 5.41. The molecule has 1 rings (SSSR count). The molecule has 2 atom stereocenters. The quantitative estimate of drug-likeness (QED) is 0.113. The summed E-state index contributed by atoms with van der Waals surface area (Å²) in [5.41, 5.74) is 0. The van der Waals surface area contributed by atoms with Gasteiger partial charge in [-0.15, -0.1) is 0 Å². The summed E-state index contributed by atoms with van der Waals surface area (Å²) >= 11 is 5.92. The van der Waals surface area contributed by atoms with Crippen molar-refractivity contribution in [2.45, 2.75) is 110 Å². The molecule has 0 heterocycles. The van der Waals surface area contributed by atoms with Crippen LogP contribution in [-0.4, -0.2) is 18.6 Å². The minimum Gasteiger partial charge on any atom is -0.465 e. The van der Waals surface area contributed by atoms with Crippen LogP contribution in [0.4, 0.5) is 0 Å². The molecule has 1 N–H and O–H groups in total. The van der Waals surface area contributed by atoms with E-state index in [9.17, 15) is 9.36 Å². The van der Waals surface area contributed by atoms with Gasteiger partial charge in [-0.25, -0.2) is 9.65 Å². The van der Waals surface area contributed by atoms with E-state index in [0.29, 0.717) is 12.4 Å². The number of benzene rings is 1. The number of carbonyl (C=O) groups is 1. The number of hydrogen-bond acceptors (Lipinski definition) is 4. The number of nitrogens with one attached hydrogen (secondary N) is 1. The molecule has 0 aromatic heterocycles.